The van der Waals surface area contributed by atoms with E-state index in [1.807, 2.05) is 0 Å². The summed E-state index contributed by atoms with van der Waals surface area (Å²) in [7, 11) is -1.87. The van der Waals surface area contributed by atoms with Crippen molar-refractivity contribution in [2.45, 2.75) is 30.0 Å². The zero-order valence-corrected chi connectivity index (χ0v) is 11.8. The first-order chi connectivity index (χ1) is 9.24. The van der Waals surface area contributed by atoms with Gasteiger partial charge in [0.1, 0.15) is 0 Å². The van der Waals surface area contributed by atoms with Gasteiger partial charge in [-0.2, -0.15) is 13.2 Å². The highest BCUT2D eigenvalue weighted by Gasteiger charge is 2.34. The molecule has 0 amide bonds. The fourth-order valence-electron chi connectivity index (χ4n) is 2.14. The molecule has 1 aromatic carbocycles. The smallest absolute Gasteiger partial charge is 0.316 e. The average Bonchev–Trinajstić information content (AvgIpc) is 3.19. The zero-order chi connectivity index (χ0) is 15.0. The van der Waals surface area contributed by atoms with Crippen LogP contribution in [-0.4, -0.2) is 27.3 Å². The fourth-order valence-corrected chi connectivity index (χ4v) is 3.79. The molecular weight excluding hydrogens is 291 g/mol. The van der Waals surface area contributed by atoms with Crippen molar-refractivity contribution in [1.29, 1.82) is 0 Å². The van der Waals surface area contributed by atoms with Gasteiger partial charge in [-0.3, -0.25) is 0 Å². The first-order valence-corrected chi connectivity index (χ1v) is 7.96. The summed E-state index contributed by atoms with van der Waals surface area (Å²) >= 11 is 0. The van der Waals surface area contributed by atoms with Crippen LogP contribution < -0.4 is 5.32 Å². The van der Waals surface area contributed by atoms with Crippen molar-refractivity contribution in [3.63, 3.8) is 0 Å². The van der Waals surface area contributed by atoms with E-state index in [1.165, 1.54) is 0 Å². The normalized spacial score (nSPS) is 18.0. The molecule has 0 aliphatic heterocycles. The SMILES string of the molecule is CNC(CS(=O)(=O)c1ccc(C(F)(F)F)cc1)C1CC1. The quantitative estimate of drug-likeness (QED) is 0.909. The predicted octanol–water partition coefficient (Wildman–Crippen LogP) is 2.48. The van der Waals surface area contributed by atoms with E-state index in [-0.39, 0.29) is 16.7 Å². The first-order valence-electron chi connectivity index (χ1n) is 6.31. The second-order valence-corrected chi connectivity index (χ2v) is 7.07. The molecule has 112 valence electrons. The largest absolute Gasteiger partial charge is 0.416 e. The fraction of sp³-hybridized carbons (Fsp3) is 0.538. The number of rotatable bonds is 5. The minimum atomic E-state index is -4.45. The monoisotopic (exact) mass is 307 g/mol. The molecule has 0 spiro atoms. The summed E-state index contributed by atoms with van der Waals surface area (Å²) in [5.74, 6) is 0.267. The molecule has 1 aliphatic carbocycles. The molecule has 20 heavy (non-hydrogen) atoms. The van der Waals surface area contributed by atoms with Crippen LogP contribution in [0.4, 0.5) is 13.2 Å². The highest BCUT2D eigenvalue weighted by Crippen LogP contribution is 2.34. The van der Waals surface area contributed by atoms with Crippen molar-refractivity contribution in [3.05, 3.63) is 29.8 Å². The Morgan fingerprint density at radius 1 is 1.25 bits per heavy atom. The van der Waals surface area contributed by atoms with Gasteiger partial charge in [0.15, 0.2) is 9.84 Å². The van der Waals surface area contributed by atoms with Crippen LogP contribution in [0.5, 0.6) is 0 Å². The second-order valence-electron chi connectivity index (χ2n) is 5.04. The van der Waals surface area contributed by atoms with Crippen molar-refractivity contribution in [1.82, 2.24) is 5.32 Å². The van der Waals surface area contributed by atoms with E-state index in [9.17, 15) is 21.6 Å². The molecule has 1 aliphatic rings. The highest BCUT2D eigenvalue weighted by atomic mass is 32.2. The number of hydrogen-bond donors (Lipinski definition) is 1. The van der Waals surface area contributed by atoms with Gasteiger partial charge in [0.2, 0.25) is 0 Å². The van der Waals surface area contributed by atoms with E-state index in [2.05, 4.69) is 5.32 Å². The molecule has 0 bridgehead atoms. The minimum Gasteiger partial charge on any atom is -0.316 e. The maximum atomic E-state index is 12.4. The second kappa shape index (κ2) is 5.37. The Balaban J connectivity index is 2.17. The topological polar surface area (TPSA) is 46.2 Å². The van der Waals surface area contributed by atoms with Gasteiger partial charge in [-0.25, -0.2) is 8.42 Å². The van der Waals surface area contributed by atoms with Crippen molar-refractivity contribution in [2.24, 2.45) is 5.92 Å². The Morgan fingerprint density at radius 2 is 1.80 bits per heavy atom. The molecule has 0 heterocycles. The van der Waals surface area contributed by atoms with E-state index in [1.54, 1.807) is 7.05 Å². The number of hydrogen-bond acceptors (Lipinski definition) is 3. The third-order valence-electron chi connectivity index (χ3n) is 3.50. The van der Waals surface area contributed by atoms with Gasteiger partial charge in [0.25, 0.3) is 0 Å². The minimum absolute atomic E-state index is 0.0635. The third kappa shape index (κ3) is 3.52. The Labute approximate surface area is 116 Å². The molecule has 1 atom stereocenters. The summed E-state index contributed by atoms with van der Waals surface area (Å²) < 4.78 is 61.7. The van der Waals surface area contributed by atoms with Crippen molar-refractivity contribution in [3.8, 4) is 0 Å². The summed E-state index contributed by atoms with van der Waals surface area (Å²) in [6.45, 7) is 0. The summed E-state index contributed by atoms with van der Waals surface area (Å²) in [6, 6.07) is 3.52. The van der Waals surface area contributed by atoms with Crippen LogP contribution in [0.3, 0.4) is 0 Å². The Hall–Kier alpha value is -1.08. The molecule has 0 radical (unpaired) electrons. The maximum Gasteiger partial charge on any atom is 0.416 e. The summed E-state index contributed by atoms with van der Waals surface area (Å²) in [4.78, 5) is -0.0635. The molecule has 1 aromatic rings. The van der Waals surface area contributed by atoms with Crippen LogP contribution in [0.1, 0.15) is 18.4 Å². The molecule has 1 fully saturated rings. The standard InChI is InChI=1S/C13H16F3NO2S/c1-17-12(9-2-3-9)8-20(18,19)11-6-4-10(5-7-11)13(14,15)16/h4-7,9,12,17H,2-3,8H2,1H3. The van der Waals surface area contributed by atoms with E-state index >= 15 is 0 Å². The molecule has 3 nitrogen and oxygen atoms in total. The molecule has 0 saturated heterocycles. The first kappa shape index (κ1) is 15.3. The molecular formula is C13H16F3NO2S. The number of alkyl halides is 3. The van der Waals surface area contributed by atoms with Crippen LogP contribution >= 0.6 is 0 Å². The molecule has 1 N–H and O–H groups in total. The predicted molar refractivity (Wildman–Crippen MR) is 69.1 cm³/mol. The van der Waals surface area contributed by atoms with Crippen LogP contribution in [0.15, 0.2) is 29.2 Å². The van der Waals surface area contributed by atoms with Gasteiger partial charge in [0, 0.05) is 6.04 Å². The Kier molecular flexibility index (Phi) is 4.11. The van der Waals surface area contributed by atoms with E-state index < -0.39 is 21.6 Å². The Bertz CT molecular complexity index is 562. The number of benzene rings is 1. The van der Waals surface area contributed by atoms with E-state index in [0.717, 1.165) is 37.1 Å². The highest BCUT2D eigenvalue weighted by molar-refractivity contribution is 7.91. The van der Waals surface area contributed by atoms with Crippen molar-refractivity contribution < 1.29 is 21.6 Å². The molecule has 1 unspecified atom stereocenters. The summed E-state index contributed by atoms with van der Waals surface area (Å²) in [5.41, 5.74) is -0.844. The van der Waals surface area contributed by atoms with Crippen LogP contribution in [-0.2, 0) is 16.0 Å². The van der Waals surface area contributed by atoms with Gasteiger partial charge in [-0.1, -0.05) is 0 Å². The lowest BCUT2D eigenvalue weighted by Gasteiger charge is -2.15. The molecule has 7 heteroatoms. The molecule has 2 rings (SSSR count). The van der Waals surface area contributed by atoms with Crippen molar-refractivity contribution >= 4 is 9.84 Å². The van der Waals surface area contributed by atoms with Gasteiger partial charge < -0.3 is 5.32 Å². The van der Waals surface area contributed by atoms with Gasteiger partial charge >= 0.3 is 6.18 Å². The Morgan fingerprint density at radius 3 is 2.20 bits per heavy atom. The summed E-state index contributed by atoms with van der Waals surface area (Å²) in [5, 5.41) is 2.97. The molecule has 1 saturated carbocycles. The molecule has 0 aromatic heterocycles. The average molecular weight is 307 g/mol. The van der Waals surface area contributed by atoms with Gasteiger partial charge in [-0.15, -0.1) is 0 Å². The number of nitrogens with one attached hydrogen (secondary N) is 1. The van der Waals surface area contributed by atoms with Crippen LogP contribution in [0, 0.1) is 5.92 Å². The lowest BCUT2D eigenvalue weighted by atomic mass is 10.2. The summed E-state index contributed by atoms with van der Waals surface area (Å²) in [6.07, 6.45) is -2.47. The number of sulfone groups is 1. The third-order valence-corrected chi connectivity index (χ3v) is 5.29. The van der Waals surface area contributed by atoms with Crippen LogP contribution in [0.25, 0.3) is 0 Å². The van der Waals surface area contributed by atoms with Gasteiger partial charge in [-0.05, 0) is 50.1 Å². The van der Waals surface area contributed by atoms with E-state index in [0.29, 0.717) is 5.92 Å². The number of halogens is 3. The van der Waals surface area contributed by atoms with Gasteiger partial charge in [0.05, 0.1) is 16.2 Å². The van der Waals surface area contributed by atoms with Crippen LogP contribution in [0.2, 0.25) is 0 Å². The zero-order valence-electron chi connectivity index (χ0n) is 10.9. The lowest BCUT2D eigenvalue weighted by Crippen LogP contribution is -2.34. The lowest BCUT2D eigenvalue weighted by molar-refractivity contribution is -0.137. The van der Waals surface area contributed by atoms with Crippen molar-refractivity contribution in [2.75, 3.05) is 12.8 Å². The van der Waals surface area contributed by atoms with E-state index in [4.69, 9.17) is 0 Å². The maximum absolute atomic E-state index is 12.4.